The summed E-state index contributed by atoms with van der Waals surface area (Å²) in [7, 11) is 0. The molecule has 1 aliphatic carbocycles. The Bertz CT molecular complexity index is 305. The van der Waals surface area contributed by atoms with Crippen molar-refractivity contribution in [1.82, 2.24) is 10.2 Å². The van der Waals surface area contributed by atoms with Gasteiger partial charge in [-0.1, -0.05) is 20.3 Å². The van der Waals surface area contributed by atoms with Crippen LogP contribution in [0.2, 0.25) is 0 Å². The highest BCUT2D eigenvalue weighted by molar-refractivity contribution is 5.81. The third-order valence-corrected chi connectivity index (χ3v) is 4.89. The minimum absolute atomic E-state index is 0.0480. The molecule has 0 radical (unpaired) electrons. The lowest BCUT2D eigenvalue weighted by Gasteiger charge is -2.27. The van der Waals surface area contributed by atoms with Crippen molar-refractivity contribution in [2.24, 2.45) is 11.3 Å². The molecule has 0 aromatic heterocycles. The molecule has 18 heavy (non-hydrogen) atoms. The molecular weight excluding hydrogens is 224 g/mol. The van der Waals surface area contributed by atoms with Crippen molar-refractivity contribution in [3.63, 3.8) is 0 Å². The van der Waals surface area contributed by atoms with Crippen LogP contribution in [-0.2, 0) is 4.79 Å². The van der Waals surface area contributed by atoms with Gasteiger partial charge in [0.2, 0.25) is 5.91 Å². The van der Waals surface area contributed by atoms with E-state index in [2.05, 4.69) is 31.0 Å². The Balaban J connectivity index is 1.86. The molecule has 0 unspecified atom stereocenters. The van der Waals surface area contributed by atoms with Crippen LogP contribution in [0.4, 0.5) is 0 Å². The van der Waals surface area contributed by atoms with E-state index >= 15 is 0 Å². The molecule has 3 atom stereocenters. The van der Waals surface area contributed by atoms with Crippen molar-refractivity contribution >= 4 is 5.91 Å². The Morgan fingerprint density at radius 1 is 1.50 bits per heavy atom. The molecule has 104 valence electrons. The first-order valence-electron chi connectivity index (χ1n) is 7.58. The highest BCUT2D eigenvalue weighted by atomic mass is 16.2. The van der Waals surface area contributed by atoms with E-state index < -0.39 is 0 Å². The largest absolute Gasteiger partial charge is 0.355 e. The fraction of sp³-hybridized carbons (Fsp3) is 0.933. The smallest absolute Gasteiger partial charge is 0.237 e. The van der Waals surface area contributed by atoms with Crippen LogP contribution in [0.25, 0.3) is 0 Å². The molecule has 2 fully saturated rings. The van der Waals surface area contributed by atoms with E-state index in [4.69, 9.17) is 0 Å². The summed E-state index contributed by atoms with van der Waals surface area (Å²) < 4.78 is 0. The van der Waals surface area contributed by atoms with Gasteiger partial charge in [0, 0.05) is 13.1 Å². The number of carbonyl (C=O) groups is 1. The third-order valence-electron chi connectivity index (χ3n) is 4.89. The Kier molecular flexibility index (Phi) is 4.31. The van der Waals surface area contributed by atoms with Crippen LogP contribution >= 0.6 is 0 Å². The predicted molar refractivity (Wildman–Crippen MR) is 74.4 cm³/mol. The van der Waals surface area contributed by atoms with E-state index in [-0.39, 0.29) is 11.9 Å². The van der Waals surface area contributed by atoms with Crippen molar-refractivity contribution in [1.29, 1.82) is 0 Å². The zero-order valence-corrected chi connectivity index (χ0v) is 12.2. The molecule has 1 spiro atoms. The number of likely N-dealkylation sites (tertiary alicyclic amines) is 1. The summed E-state index contributed by atoms with van der Waals surface area (Å²) in [6.45, 7) is 9.57. The molecule has 1 saturated carbocycles. The standard InChI is InChI=1S/C15H28N2O/c1-4-8-16-14(18)13(3)17-9-7-15(11-17)6-5-12(2)10-15/h12-13H,4-11H2,1-3H3,(H,16,18)/t12-,13+,15-/m1/s1. The molecule has 1 amide bonds. The topological polar surface area (TPSA) is 32.3 Å². The van der Waals surface area contributed by atoms with Gasteiger partial charge in [0.15, 0.2) is 0 Å². The Morgan fingerprint density at radius 3 is 2.89 bits per heavy atom. The van der Waals surface area contributed by atoms with Crippen LogP contribution in [0.1, 0.15) is 52.9 Å². The molecule has 1 heterocycles. The molecule has 0 aromatic carbocycles. The summed E-state index contributed by atoms with van der Waals surface area (Å²) in [5.74, 6) is 1.09. The van der Waals surface area contributed by atoms with Gasteiger partial charge in [0.1, 0.15) is 0 Å². The number of nitrogens with zero attached hydrogens (tertiary/aromatic N) is 1. The van der Waals surface area contributed by atoms with Gasteiger partial charge in [-0.25, -0.2) is 0 Å². The van der Waals surface area contributed by atoms with Crippen LogP contribution in [0.15, 0.2) is 0 Å². The average Bonchev–Trinajstić information content (AvgIpc) is 2.93. The summed E-state index contributed by atoms with van der Waals surface area (Å²) >= 11 is 0. The van der Waals surface area contributed by atoms with Gasteiger partial charge in [-0.3, -0.25) is 9.69 Å². The van der Waals surface area contributed by atoms with E-state index in [9.17, 15) is 4.79 Å². The molecule has 3 heteroatoms. The Morgan fingerprint density at radius 2 is 2.28 bits per heavy atom. The maximum Gasteiger partial charge on any atom is 0.237 e. The highest BCUT2D eigenvalue weighted by Crippen LogP contribution is 2.48. The first kappa shape index (κ1) is 13.9. The van der Waals surface area contributed by atoms with Crippen molar-refractivity contribution < 1.29 is 4.79 Å². The maximum atomic E-state index is 12.0. The first-order chi connectivity index (χ1) is 8.56. The summed E-state index contributed by atoms with van der Waals surface area (Å²) in [5, 5.41) is 3.02. The number of hydrogen-bond acceptors (Lipinski definition) is 2. The van der Waals surface area contributed by atoms with Crippen molar-refractivity contribution in [3.05, 3.63) is 0 Å². The number of rotatable bonds is 4. The monoisotopic (exact) mass is 252 g/mol. The Hall–Kier alpha value is -0.570. The van der Waals surface area contributed by atoms with Gasteiger partial charge in [-0.15, -0.1) is 0 Å². The van der Waals surface area contributed by atoms with Crippen LogP contribution < -0.4 is 5.32 Å². The lowest BCUT2D eigenvalue weighted by molar-refractivity contribution is -0.125. The molecule has 1 N–H and O–H groups in total. The second kappa shape index (κ2) is 5.60. The number of hydrogen-bond donors (Lipinski definition) is 1. The van der Waals surface area contributed by atoms with Crippen molar-refractivity contribution in [2.75, 3.05) is 19.6 Å². The average molecular weight is 252 g/mol. The fourth-order valence-corrected chi connectivity index (χ4v) is 3.73. The summed E-state index contributed by atoms with van der Waals surface area (Å²) in [6.07, 6.45) is 6.42. The van der Waals surface area contributed by atoms with Crippen molar-refractivity contribution in [3.8, 4) is 0 Å². The predicted octanol–water partition coefficient (Wildman–Crippen LogP) is 2.41. The van der Waals surface area contributed by atoms with Gasteiger partial charge in [-0.05, 0) is 50.5 Å². The molecule has 0 bridgehead atoms. The van der Waals surface area contributed by atoms with E-state index in [0.29, 0.717) is 5.41 Å². The molecule has 0 aromatic rings. The van der Waals surface area contributed by atoms with Gasteiger partial charge < -0.3 is 5.32 Å². The van der Waals surface area contributed by atoms with E-state index in [1.54, 1.807) is 0 Å². The van der Waals surface area contributed by atoms with Crippen LogP contribution in [0.3, 0.4) is 0 Å². The fourth-order valence-electron chi connectivity index (χ4n) is 3.73. The zero-order valence-electron chi connectivity index (χ0n) is 12.2. The molecular formula is C15H28N2O. The SMILES string of the molecule is CCCNC(=O)[C@H](C)N1CC[C@@]2(CC[C@@H](C)C2)C1. The number of carbonyl (C=O) groups excluding carboxylic acids is 1. The van der Waals surface area contributed by atoms with Gasteiger partial charge in [0.05, 0.1) is 6.04 Å². The van der Waals surface area contributed by atoms with Gasteiger partial charge in [0.25, 0.3) is 0 Å². The summed E-state index contributed by atoms with van der Waals surface area (Å²) in [6, 6.07) is 0.0480. The van der Waals surface area contributed by atoms with Crippen LogP contribution in [0, 0.1) is 11.3 Å². The molecule has 3 nitrogen and oxygen atoms in total. The first-order valence-corrected chi connectivity index (χ1v) is 7.58. The van der Waals surface area contributed by atoms with Crippen LogP contribution in [-0.4, -0.2) is 36.5 Å². The summed E-state index contributed by atoms with van der Waals surface area (Å²) in [5.41, 5.74) is 0.540. The quantitative estimate of drug-likeness (QED) is 0.833. The molecule has 2 rings (SSSR count). The lowest BCUT2D eigenvalue weighted by Crippen LogP contribution is -2.44. The third kappa shape index (κ3) is 2.87. The minimum atomic E-state index is 0.0480. The van der Waals surface area contributed by atoms with Crippen molar-refractivity contribution in [2.45, 2.75) is 58.9 Å². The summed E-state index contributed by atoms with van der Waals surface area (Å²) in [4.78, 5) is 14.4. The molecule has 1 aliphatic heterocycles. The second-order valence-corrected chi connectivity index (χ2v) is 6.54. The zero-order chi connectivity index (χ0) is 13.2. The maximum absolute atomic E-state index is 12.0. The van der Waals surface area contributed by atoms with Gasteiger partial charge >= 0.3 is 0 Å². The second-order valence-electron chi connectivity index (χ2n) is 6.54. The van der Waals surface area contributed by atoms with E-state index in [1.165, 1.54) is 25.7 Å². The highest BCUT2D eigenvalue weighted by Gasteiger charge is 2.44. The van der Waals surface area contributed by atoms with E-state index in [0.717, 1.165) is 32.0 Å². The lowest BCUT2D eigenvalue weighted by atomic mass is 9.85. The minimum Gasteiger partial charge on any atom is -0.355 e. The number of amides is 1. The van der Waals surface area contributed by atoms with Gasteiger partial charge in [-0.2, -0.15) is 0 Å². The molecule has 2 aliphatic rings. The molecule has 1 saturated heterocycles. The number of nitrogens with one attached hydrogen (secondary N) is 1. The normalized spacial score (nSPS) is 34.1. The Labute approximate surface area is 111 Å². The van der Waals surface area contributed by atoms with E-state index in [1.807, 2.05) is 0 Å². The van der Waals surface area contributed by atoms with Crippen LogP contribution in [0.5, 0.6) is 0 Å².